The second kappa shape index (κ2) is 10.3. The van der Waals surface area contributed by atoms with Crippen molar-refractivity contribution in [3.8, 4) is 11.3 Å². The van der Waals surface area contributed by atoms with Crippen LogP contribution in [0.4, 0.5) is 0 Å². The molecule has 1 saturated heterocycles. The molecule has 4 rings (SSSR count). The quantitative estimate of drug-likeness (QED) is 0.278. The summed E-state index contributed by atoms with van der Waals surface area (Å²) >= 11 is 0. The van der Waals surface area contributed by atoms with Gasteiger partial charge < -0.3 is 13.9 Å². The Kier molecular flexibility index (Phi) is 7.61. The standard InChI is InChI=1S/C26H39N5O3Si/c1-8-21-19-15-22(27-17-23(19)31(29-21)25-11-9-10-12-33-25)20-16-28-30(5)24(20)18-32-13-14-34-35(6,7)26(2,3)4/h8,15-17,25H,1,9-14,18H2,2-7H3. The molecule has 3 aromatic heterocycles. The third-order valence-corrected chi connectivity index (χ3v) is 11.9. The van der Waals surface area contributed by atoms with Crippen molar-refractivity contribution in [1.82, 2.24) is 24.5 Å². The molecule has 0 radical (unpaired) electrons. The van der Waals surface area contributed by atoms with Crippen LogP contribution in [0.1, 0.15) is 57.6 Å². The van der Waals surface area contributed by atoms with Gasteiger partial charge in [0.15, 0.2) is 14.5 Å². The first-order valence-corrected chi connectivity index (χ1v) is 15.4. The maximum Gasteiger partial charge on any atom is 0.192 e. The van der Waals surface area contributed by atoms with E-state index in [9.17, 15) is 0 Å². The first-order valence-electron chi connectivity index (χ1n) is 12.5. The van der Waals surface area contributed by atoms with E-state index >= 15 is 0 Å². The Bertz CT molecular complexity index is 1170. The SMILES string of the molecule is C=Cc1nn(C2CCCCO2)c2cnc(-c3cnn(C)c3COCCO[Si](C)(C)C(C)(C)C)cc12. The van der Waals surface area contributed by atoms with Crippen molar-refractivity contribution in [3.05, 3.63) is 36.4 Å². The summed E-state index contributed by atoms with van der Waals surface area (Å²) in [6.07, 6.45) is 8.67. The number of pyridine rings is 1. The van der Waals surface area contributed by atoms with Crippen molar-refractivity contribution < 1.29 is 13.9 Å². The summed E-state index contributed by atoms with van der Waals surface area (Å²) in [7, 11) is 0.157. The van der Waals surface area contributed by atoms with Crippen LogP contribution in [-0.2, 0) is 27.6 Å². The average Bonchev–Trinajstić information content (AvgIpc) is 3.38. The van der Waals surface area contributed by atoms with Crippen molar-refractivity contribution in [2.45, 2.75) is 71.0 Å². The van der Waals surface area contributed by atoms with E-state index in [1.807, 2.05) is 28.8 Å². The normalized spacial score (nSPS) is 17.3. The molecule has 1 aliphatic heterocycles. The van der Waals surface area contributed by atoms with Crippen LogP contribution in [0.5, 0.6) is 0 Å². The summed E-state index contributed by atoms with van der Waals surface area (Å²) in [5.41, 5.74) is 4.57. The third-order valence-electron chi connectivity index (χ3n) is 7.32. The second-order valence-corrected chi connectivity index (χ2v) is 15.5. The van der Waals surface area contributed by atoms with Crippen LogP contribution in [0.3, 0.4) is 0 Å². The Balaban J connectivity index is 1.50. The topological polar surface area (TPSA) is 76.2 Å². The van der Waals surface area contributed by atoms with E-state index in [4.69, 9.17) is 24.0 Å². The number of hydrogen-bond donors (Lipinski definition) is 0. The van der Waals surface area contributed by atoms with Gasteiger partial charge in [-0.15, -0.1) is 0 Å². The van der Waals surface area contributed by atoms with Crippen molar-refractivity contribution >= 4 is 25.3 Å². The minimum absolute atomic E-state index is 0.0523. The fraction of sp³-hybridized carbons (Fsp3) is 0.577. The molecular formula is C26H39N5O3Si. The number of hydrogen-bond acceptors (Lipinski definition) is 6. The minimum Gasteiger partial charge on any atom is -0.414 e. The zero-order chi connectivity index (χ0) is 25.2. The van der Waals surface area contributed by atoms with Crippen molar-refractivity contribution in [3.63, 3.8) is 0 Å². The molecule has 0 amide bonds. The Morgan fingerprint density at radius 2 is 2.03 bits per heavy atom. The number of rotatable bonds is 9. The lowest BCUT2D eigenvalue weighted by molar-refractivity contribution is -0.0367. The summed E-state index contributed by atoms with van der Waals surface area (Å²) in [6, 6.07) is 2.07. The lowest BCUT2D eigenvalue weighted by atomic mass is 10.1. The maximum absolute atomic E-state index is 6.23. The zero-order valence-electron chi connectivity index (χ0n) is 22.0. The molecule has 8 nitrogen and oxygen atoms in total. The molecule has 3 aromatic rings. The zero-order valence-corrected chi connectivity index (χ0v) is 23.0. The molecule has 0 bridgehead atoms. The van der Waals surface area contributed by atoms with Crippen LogP contribution in [0.2, 0.25) is 18.1 Å². The van der Waals surface area contributed by atoms with Crippen molar-refractivity contribution in [1.29, 1.82) is 0 Å². The van der Waals surface area contributed by atoms with E-state index in [2.05, 4.69) is 51.6 Å². The van der Waals surface area contributed by atoms with Gasteiger partial charge in [-0.25, -0.2) is 4.68 Å². The smallest absolute Gasteiger partial charge is 0.192 e. The van der Waals surface area contributed by atoms with Gasteiger partial charge in [0.2, 0.25) is 0 Å². The molecular weight excluding hydrogens is 458 g/mol. The van der Waals surface area contributed by atoms with Gasteiger partial charge in [0.1, 0.15) is 0 Å². The Morgan fingerprint density at radius 3 is 2.71 bits per heavy atom. The Labute approximate surface area is 209 Å². The predicted molar refractivity (Wildman–Crippen MR) is 141 cm³/mol. The first kappa shape index (κ1) is 25.8. The van der Waals surface area contributed by atoms with Crippen LogP contribution in [0, 0.1) is 0 Å². The molecule has 0 spiro atoms. The highest BCUT2D eigenvalue weighted by Gasteiger charge is 2.36. The largest absolute Gasteiger partial charge is 0.414 e. The Morgan fingerprint density at radius 1 is 1.23 bits per heavy atom. The summed E-state index contributed by atoms with van der Waals surface area (Å²) in [4.78, 5) is 4.78. The molecule has 1 unspecified atom stereocenters. The van der Waals surface area contributed by atoms with Gasteiger partial charge in [0.25, 0.3) is 0 Å². The molecule has 35 heavy (non-hydrogen) atoms. The van der Waals surface area contributed by atoms with Crippen LogP contribution in [-0.4, -0.2) is 52.7 Å². The Hall–Kier alpha value is -2.33. The molecule has 0 N–H and O–H groups in total. The van der Waals surface area contributed by atoms with E-state index in [1.54, 1.807) is 6.08 Å². The average molecular weight is 498 g/mol. The number of nitrogens with zero attached hydrogens (tertiary/aromatic N) is 5. The highest BCUT2D eigenvalue weighted by Crippen LogP contribution is 2.36. The van der Waals surface area contributed by atoms with Crippen LogP contribution in [0.15, 0.2) is 25.0 Å². The minimum atomic E-state index is -1.77. The van der Waals surface area contributed by atoms with E-state index in [1.165, 1.54) is 0 Å². The molecule has 4 heterocycles. The van der Waals surface area contributed by atoms with Crippen molar-refractivity contribution in [2.75, 3.05) is 19.8 Å². The lowest BCUT2D eigenvalue weighted by Gasteiger charge is -2.36. The van der Waals surface area contributed by atoms with Crippen LogP contribution in [0.25, 0.3) is 28.2 Å². The van der Waals surface area contributed by atoms with Gasteiger partial charge in [-0.2, -0.15) is 10.2 Å². The molecule has 1 aliphatic rings. The lowest BCUT2D eigenvalue weighted by Crippen LogP contribution is -2.41. The van der Waals surface area contributed by atoms with E-state index in [0.717, 1.165) is 59.4 Å². The molecule has 190 valence electrons. The summed E-state index contributed by atoms with van der Waals surface area (Å²) in [5, 5.41) is 10.5. The first-order chi connectivity index (χ1) is 16.6. The third kappa shape index (κ3) is 5.43. The molecule has 9 heteroatoms. The van der Waals surface area contributed by atoms with Gasteiger partial charge >= 0.3 is 0 Å². The summed E-state index contributed by atoms with van der Waals surface area (Å²) in [6.45, 7) is 17.6. The maximum atomic E-state index is 6.23. The molecule has 0 aliphatic carbocycles. The number of aryl methyl sites for hydroxylation is 1. The molecule has 0 aromatic carbocycles. The van der Waals surface area contributed by atoms with Gasteiger partial charge in [0.05, 0.1) is 54.8 Å². The fourth-order valence-electron chi connectivity index (χ4n) is 4.08. The molecule has 1 atom stereocenters. The van der Waals surface area contributed by atoms with E-state index in [-0.39, 0.29) is 11.3 Å². The van der Waals surface area contributed by atoms with Gasteiger partial charge in [-0.3, -0.25) is 9.67 Å². The predicted octanol–water partition coefficient (Wildman–Crippen LogP) is 5.71. The monoisotopic (exact) mass is 497 g/mol. The van der Waals surface area contributed by atoms with Crippen molar-refractivity contribution in [2.24, 2.45) is 7.05 Å². The second-order valence-electron chi connectivity index (χ2n) is 10.7. The summed E-state index contributed by atoms with van der Waals surface area (Å²) < 4.78 is 22.0. The van der Waals surface area contributed by atoms with Gasteiger partial charge in [0, 0.05) is 24.6 Å². The highest BCUT2D eigenvalue weighted by atomic mass is 28.4. The fourth-order valence-corrected chi connectivity index (χ4v) is 5.11. The highest BCUT2D eigenvalue weighted by molar-refractivity contribution is 6.74. The summed E-state index contributed by atoms with van der Waals surface area (Å²) in [5.74, 6) is 0. The van der Waals surface area contributed by atoms with Crippen LogP contribution < -0.4 is 0 Å². The van der Waals surface area contributed by atoms with Gasteiger partial charge in [-0.1, -0.05) is 27.4 Å². The van der Waals surface area contributed by atoms with E-state index in [0.29, 0.717) is 19.8 Å². The molecule has 1 fully saturated rings. The van der Waals surface area contributed by atoms with E-state index < -0.39 is 8.32 Å². The van der Waals surface area contributed by atoms with Crippen LogP contribution >= 0.6 is 0 Å². The number of ether oxygens (including phenoxy) is 2. The number of aromatic nitrogens is 5. The molecule has 0 saturated carbocycles. The van der Waals surface area contributed by atoms with Gasteiger partial charge in [-0.05, 0) is 49.5 Å². The number of fused-ring (bicyclic) bond motifs is 1.